The Morgan fingerprint density at radius 3 is 2.67 bits per heavy atom. The van der Waals surface area contributed by atoms with Gasteiger partial charge < -0.3 is 5.32 Å². The maximum atomic E-state index is 10.8. The molecule has 0 unspecified atom stereocenters. The van der Waals surface area contributed by atoms with Gasteiger partial charge in [-0.25, -0.2) is 0 Å². The molecule has 3 rings (SSSR count). The van der Waals surface area contributed by atoms with Crippen molar-refractivity contribution in [3.8, 4) is 0 Å². The number of hydrogen-bond donors (Lipinski definition) is 1. The minimum absolute atomic E-state index is 0.269. The molecule has 1 aliphatic carbocycles. The molecule has 18 heavy (non-hydrogen) atoms. The summed E-state index contributed by atoms with van der Waals surface area (Å²) in [6.07, 6.45) is 2.53. The summed E-state index contributed by atoms with van der Waals surface area (Å²) in [6.45, 7) is 4.15. The summed E-state index contributed by atoms with van der Waals surface area (Å²) in [4.78, 5) is 14.2. The van der Waals surface area contributed by atoms with E-state index in [0.29, 0.717) is 12.0 Å². The molecule has 1 aromatic heterocycles. The Morgan fingerprint density at radius 1 is 1.39 bits per heavy atom. The molecule has 0 radical (unpaired) electrons. The summed E-state index contributed by atoms with van der Waals surface area (Å²) in [5, 5.41) is 14.4. The average molecular weight is 267 g/mol. The molecular formula is C12H17N3O2S. The average Bonchev–Trinajstić information content (AvgIpc) is 3.07. The fourth-order valence-electron chi connectivity index (χ4n) is 2.68. The van der Waals surface area contributed by atoms with E-state index in [2.05, 4.69) is 10.2 Å². The molecule has 1 N–H and O–H groups in total. The lowest BCUT2D eigenvalue weighted by Gasteiger charge is -2.34. The molecule has 2 heterocycles. The van der Waals surface area contributed by atoms with Gasteiger partial charge in [0.05, 0.1) is 4.92 Å². The Morgan fingerprint density at radius 2 is 2.11 bits per heavy atom. The Kier molecular flexibility index (Phi) is 3.32. The highest BCUT2D eigenvalue weighted by Gasteiger charge is 2.38. The van der Waals surface area contributed by atoms with Gasteiger partial charge in [-0.15, -0.1) is 0 Å². The Balaban J connectivity index is 1.81. The molecule has 1 atom stereocenters. The van der Waals surface area contributed by atoms with E-state index in [1.54, 1.807) is 6.07 Å². The second-order valence-corrected chi connectivity index (χ2v) is 6.10. The molecule has 2 fully saturated rings. The van der Waals surface area contributed by atoms with Crippen LogP contribution in [0.3, 0.4) is 0 Å². The molecule has 0 spiro atoms. The minimum Gasteiger partial charge on any atom is -0.314 e. The molecule has 0 bridgehead atoms. The van der Waals surface area contributed by atoms with E-state index in [4.69, 9.17) is 0 Å². The summed E-state index contributed by atoms with van der Waals surface area (Å²) in [6, 6.07) is 4.01. The van der Waals surface area contributed by atoms with Crippen molar-refractivity contribution < 1.29 is 4.92 Å². The molecule has 1 saturated carbocycles. The van der Waals surface area contributed by atoms with E-state index in [9.17, 15) is 10.1 Å². The topological polar surface area (TPSA) is 58.4 Å². The normalized spacial score (nSPS) is 22.9. The van der Waals surface area contributed by atoms with Crippen LogP contribution in [-0.2, 0) is 0 Å². The molecule has 0 aromatic carbocycles. The highest BCUT2D eigenvalue weighted by atomic mass is 32.1. The quantitative estimate of drug-likeness (QED) is 0.669. The Labute approximate surface area is 110 Å². The molecule has 1 aromatic rings. The van der Waals surface area contributed by atoms with Gasteiger partial charge in [-0.3, -0.25) is 15.0 Å². The smallest absolute Gasteiger partial charge is 0.314 e. The van der Waals surface area contributed by atoms with Crippen molar-refractivity contribution in [2.24, 2.45) is 5.92 Å². The van der Waals surface area contributed by atoms with Gasteiger partial charge in [-0.05, 0) is 24.8 Å². The van der Waals surface area contributed by atoms with Gasteiger partial charge in [0.2, 0.25) is 0 Å². The van der Waals surface area contributed by atoms with Crippen LogP contribution in [-0.4, -0.2) is 36.0 Å². The van der Waals surface area contributed by atoms with Gasteiger partial charge in [-0.2, -0.15) is 0 Å². The van der Waals surface area contributed by atoms with Crippen molar-refractivity contribution in [2.75, 3.05) is 26.2 Å². The number of nitrogens with one attached hydrogen (secondary N) is 1. The lowest BCUT2D eigenvalue weighted by atomic mass is 10.1. The lowest BCUT2D eigenvalue weighted by molar-refractivity contribution is -0.380. The number of rotatable bonds is 4. The monoisotopic (exact) mass is 267 g/mol. The van der Waals surface area contributed by atoms with Crippen molar-refractivity contribution in [3.05, 3.63) is 27.1 Å². The third-order valence-corrected chi connectivity index (χ3v) is 4.81. The number of nitro groups is 1. The largest absolute Gasteiger partial charge is 0.324 e. The number of piperazine rings is 1. The van der Waals surface area contributed by atoms with Crippen LogP contribution in [0.2, 0.25) is 0 Å². The minimum atomic E-state index is -0.282. The van der Waals surface area contributed by atoms with E-state index in [1.165, 1.54) is 29.1 Å². The van der Waals surface area contributed by atoms with E-state index < -0.39 is 0 Å². The van der Waals surface area contributed by atoms with Crippen molar-refractivity contribution >= 4 is 16.3 Å². The second-order valence-electron chi connectivity index (χ2n) is 5.00. The molecule has 1 saturated heterocycles. The summed E-state index contributed by atoms with van der Waals surface area (Å²) < 4.78 is 0. The highest BCUT2D eigenvalue weighted by molar-refractivity contribution is 7.15. The first-order chi connectivity index (χ1) is 8.75. The predicted octanol–water partition coefficient (Wildman–Crippen LogP) is 2.01. The standard InChI is InChI=1S/C12H17N3O2S/c16-15(17)11-4-3-10(18-11)12(9-1-2-9)14-7-5-13-6-8-14/h3-4,9,12-13H,1-2,5-8H2/t12-/m1/s1. The molecule has 98 valence electrons. The van der Waals surface area contributed by atoms with Crippen molar-refractivity contribution in [3.63, 3.8) is 0 Å². The predicted molar refractivity (Wildman–Crippen MR) is 70.9 cm³/mol. The second kappa shape index (κ2) is 4.95. The number of nitrogens with zero attached hydrogens (tertiary/aromatic N) is 2. The van der Waals surface area contributed by atoms with E-state index in [0.717, 1.165) is 26.2 Å². The molecule has 5 nitrogen and oxygen atoms in total. The van der Waals surface area contributed by atoms with Gasteiger partial charge in [0, 0.05) is 43.2 Å². The first-order valence-electron chi connectivity index (χ1n) is 6.44. The molecule has 0 amide bonds. The van der Waals surface area contributed by atoms with Crippen LogP contribution >= 0.6 is 11.3 Å². The van der Waals surface area contributed by atoms with Gasteiger partial charge in [0.15, 0.2) is 0 Å². The van der Waals surface area contributed by atoms with Crippen LogP contribution in [0.5, 0.6) is 0 Å². The van der Waals surface area contributed by atoms with Gasteiger partial charge in [0.1, 0.15) is 0 Å². The Bertz CT molecular complexity index is 438. The zero-order chi connectivity index (χ0) is 12.5. The summed E-state index contributed by atoms with van der Waals surface area (Å²) >= 11 is 1.35. The van der Waals surface area contributed by atoms with Gasteiger partial charge in [-0.1, -0.05) is 11.3 Å². The van der Waals surface area contributed by atoms with Gasteiger partial charge in [0.25, 0.3) is 0 Å². The maximum absolute atomic E-state index is 10.8. The summed E-state index contributed by atoms with van der Waals surface area (Å²) in [5.41, 5.74) is 0. The summed E-state index contributed by atoms with van der Waals surface area (Å²) in [7, 11) is 0. The van der Waals surface area contributed by atoms with Crippen molar-refractivity contribution in [2.45, 2.75) is 18.9 Å². The third kappa shape index (κ3) is 2.41. The number of hydrogen-bond acceptors (Lipinski definition) is 5. The summed E-state index contributed by atoms with van der Waals surface area (Å²) in [5.74, 6) is 0.710. The van der Waals surface area contributed by atoms with Crippen LogP contribution in [0.15, 0.2) is 12.1 Å². The van der Waals surface area contributed by atoms with Crippen LogP contribution in [0.1, 0.15) is 23.8 Å². The van der Waals surface area contributed by atoms with Crippen LogP contribution in [0.4, 0.5) is 5.00 Å². The SMILES string of the molecule is O=[N+]([O-])c1ccc([C@@H](C2CC2)N2CCNCC2)s1. The van der Waals surface area contributed by atoms with Crippen LogP contribution in [0, 0.1) is 16.0 Å². The first kappa shape index (κ1) is 12.1. The molecular weight excluding hydrogens is 250 g/mol. The van der Waals surface area contributed by atoms with E-state index >= 15 is 0 Å². The third-order valence-electron chi connectivity index (χ3n) is 3.70. The fourth-order valence-corrected chi connectivity index (χ4v) is 3.73. The van der Waals surface area contributed by atoms with Gasteiger partial charge >= 0.3 is 5.00 Å². The zero-order valence-electron chi connectivity index (χ0n) is 10.2. The number of thiophene rings is 1. The van der Waals surface area contributed by atoms with E-state index in [1.807, 2.05) is 6.07 Å². The fraction of sp³-hybridized carbons (Fsp3) is 0.667. The Hall–Kier alpha value is -0.980. The zero-order valence-corrected chi connectivity index (χ0v) is 11.0. The lowest BCUT2D eigenvalue weighted by Crippen LogP contribution is -2.45. The van der Waals surface area contributed by atoms with Crippen molar-refractivity contribution in [1.82, 2.24) is 10.2 Å². The van der Waals surface area contributed by atoms with Crippen LogP contribution < -0.4 is 5.32 Å². The van der Waals surface area contributed by atoms with E-state index in [-0.39, 0.29) is 9.92 Å². The van der Waals surface area contributed by atoms with Crippen LogP contribution in [0.25, 0.3) is 0 Å². The molecule has 6 heteroatoms. The maximum Gasteiger partial charge on any atom is 0.324 e. The molecule has 1 aliphatic heterocycles. The first-order valence-corrected chi connectivity index (χ1v) is 7.26. The highest BCUT2D eigenvalue weighted by Crippen LogP contribution is 2.47. The van der Waals surface area contributed by atoms with Crippen molar-refractivity contribution in [1.29, 1.82) is 0 Å². The molecule has 2 aliphatic rings.